The Hall–Kier alpha value is -2.89. The van der Waals surface area contributed by atoms with Gasteiger partial charge in [0, 0.05) is 11.4 Å². The summed E-state index contributed by atoms with van der Waals surface area (Å²) in [5, 5.41) is 5.61. The first-order valence-corrected chi connectivity index (χ1v) is 7.39. The zero-order valence-electron chi connectivity index (χ0n) is 13.8. The van der Waals surface area contributed by atoms with Crippen molar-refractivity contribution in [1.82, 2.24) is 0 Å². The third-order valence-corrected chi connectivity index (χ3v) is 3.54. The molecule has 5 nitrogen and oxygen atoms in total. The lowest BCUT2D eigenvalue weighted by molar-refractivity contribution is -0.114. The van der Waals surface area contributed by atoms with Crippen molar-refractivity contribution in [3.8, 4) is 0 Å². The van der Waals surface area contributed by atoms with Crippen LogP contribution in [0, 0.1) is 19.7 Å². The number of rotatable bonds is 5. The van der Waals surface area contributed by atoms with Crippen LogP contribution in [0.5, 0.6) is 0 Å². The second kappa shape index (κ2) is 7.59. The number of nitrogens with one attached hydrogen (secondary N) is 2. The Kier molecular flexibility index (Phi) is 5.52. The number of esters is 1. The van der Waals surface area contributed by atoms with Crippen molar-refractivity contribution >= 4 is 23.3 Å². The van der Waals surface area contributed by atoms with E-state index in [4.69, 9.17) is 0 Å². The van der Waals surface area contributed by atoms with Gasteiger partial charge in [-0.2, -0.15) is 0 Å². The van der Waals surface area contributed by atoms with Gasteiger partial charge in [0.05, 0.1) is 19.2 Å². The summed E-state index contributed by atoms with van der Waals surface area (Å²) < 4.78 is 18.1. The highest BCUT2D eigenvalue weighted by Gasteiger charge is 2.09. The molecule has 0 saturated heterocycles. The van der Waals surface area contributed by atoms with Crippen LogP contribution in [0.1, 0.15) is 21.5 Å². The van der Waals surface area contributed by atoms with E-state index in [1.54, 1.807) is 37.3 Å². The van der Waals surface area contributed by atoms with Gasteiger partial charge in [0.15, 0.2) is 0 Å². The Bertz CT molecular complexity index is 775. The average Bonchev–Trinajstić information content (AvgIpc) is 2.56. The van der Waals surface area contributed by atoms with Gasteiger partial charge >= 0.3 is 5.97 Å². The molecule has 0 spiro atoms. The minimum Gasteiger partial charge on any atom is -0.465 e. The van der Waals surface area contributed by atoms with Crippen LogP contribution in [0.2, 0.25) is 0 Å². The number of methoxy groups -OCH3 is 1. The maximum Gasteiger partial charge on any atom is 0.337 e. The molecule has 0 radical (unpaired) electrons. The maximum absolute atomic E-state index is 13.5. The normalized spacial score (nSPS) is 10.2. The summed E-state index contributed by atoms with van der Waals surface area (Å²) in [6.45, 7) is 3.50. The molecule has 0 bridgehead atoms. The fourth-order valence-corrected chi connectivity index (χ4v) is 2.16. The van der Waals surface area contributed by atoms with Crippen LogP contribution in [0.4, 0.5) is 15.8 Å². The van der Waals surface area contributed by atoms with E-state index in [-0.39, 0.29) is 18.3 Å². The quantitative estimate of drug-likeness (QED) is 0.826. The van der Waals surface area contributed by atoms with E-state index in [2.05, 4.69) is 15.4 Å². The Balaban J connectivity index is 1.96. The second-order valence-corrected chi connectivity index (χ2v) is 5.39. The van der Waals surface area contributed by atoms with Gasteiger partial charge in [-0.25, -0.2) is 9.18 Å². The SMILES string of the molecule is COC(=O)c1ccc(NCC(=O)Nc2ccc(C)c(F)c2)c(C)c1. The number of carbonyl (C=O) groups excluding carboxylic acids is 2. The lowest BCUT2D eigenvalue weighted by atomic mass is 10.1. The van der Waals surface area contributed by atoms with Crippen molar-refractivity contribution in [1.29, 1.82) is 0 Å². The van der Waals surface area contributed by atoms with Crippen LogP contribution in [-0.2, 0) is 9.53 Å². The summed E-state index contributed by atoms with van der Waals surface area (Å²) >= 11 is 0. The maximum atomic E-state index is 13.5. The van der Waals surface area contributed by atoms with E-state index in [9.17, 15) is 14.0 Å². The lowest BCUT2D eigenvalue weighted by Gasteiger charge is -2.11. The van der Waals surface area contributed by atoms with Gasteiger partial charge in [-0.3, -0.25) is 4.79 Å². The molecule has 6 heteroatoms. The first-order chi connectivity index (χ1) is 11.4. The molecule has 2 rings (SSSR count). The van der Waals surface area contributed by atoms with Crippen molar-refractivity contribution < 1.29 is 18.7 Å². The van der Waals surface area contributed by atoms with Crippen molar-refractivity contribution in [2.75, 3.05) is 24.3 Å². The molecular formula is C18H19FN2O3. The molecule has 2 N–H and O–H groups in total. The first kappa shape index (κ1) is 17.5. The van der Waals surface area contributed by atoms with Gasteiger partial charge in [-0.15, -0.1) is 0 Å². The summed E-state index contributed by atoms with van der Waals surface area (Å²) in [6, 6.07) is 9.54. The summed E-state index contributed by atoms with van der Waals surface area (Å²) in [5.41, 5.74) is 2.91. The highest BCUT2D eigenvalue weighted by atomic mass is 19.1. The molecular weight excluding hydrogens is 311 g/mol. The van der Waals surface area contributed by atoms with Gasteiger partial charge in [-0.05, 0) is 55.3 Å². The van der Waals surface area contributed by atoms with Crippen LogP contribution in [0.25, 0.3) is 0 Å². The minimum absolute atomic E-state index is 0.0217. The van der Waals surface area contributed by atoms with Crippen LogP contribution in [0.3, 0.4) is 0 Å². The fourth-order valence-electron chi connectivity index (χ4n) is 2.16. The van der Waals surface area contributed by atoms with E-state index >= 15 is 0 Å². The molecule has 0 aliphatic rings. The minimum atomic E-state index is -0.413. The smallest absolute Gasteiger partial charge is 0.337 e. The molecule has 0 heterocycles. The predicted octanol–water partition coefficient (Wildman–Crippen LogP) is 3.28. The Morgan fingerprint density at radius 3 is 2.46 bits per heavy atom. The number of anilines is 2. The van der Waals surface area contributed by atoms with Crippen LogP contribution in [-0.4, -0.2) is 25.5 Å². The van der Waals surface area contributed by atoms with Gasteiger partial charge in [-0.1, -0.05) is 6.07 Å². The fraction of sp³-hybridized carbons (Fsp3) is 0.222. The zero-order valence-corrected chi connectivity index (χ0v) is 13.8. The van der Waals surface area contributed by atoms with E-state index in [0.717, 1.165) is 11.3 Å². The van der Waals surface area contributed by atoms with E-state index < -0.39 is 5.97 Å². The molecule has 0 saturated carbocycles. The molecule has 0 atom stereocenters. The number of hydrogen-bond donors (Lipinski definition) is 2. The average molecular weight is 330 g/mol. The first-order valence-electron chi connectivity index (χ1n) is 7.39. The van der Waals surface area contributed by atoms with Crippen molar-refractivity contribution in [2.24, 2.45) is 0 Å². The van der Waals surface area contributed by atoms with E-state index in [1.807, 2.05) is 6.92 Å². The molecule has 0 aliphatic carbocycles. The largest absolute Gasteiger partial charge is 0.465 e. The highest BCUT2D eigenvalue weighted by molar-refractivity contribution is 5.94. The molecule has 0 aliphatic heterocycles. The van der Waals surface area contributed by atoms with E-state index in [1.165, 1.54) is 13.2 Å². The third-order valence-electron chi connectivity index (χ3n) is 3.54. The number of aryl methyl sites for hydroxylation is 2. The monoisotopic (exact) mass is 330 g/mol. The number of carbonyl (C=O) groups is 2. The number of benzene rings is 2. The van der Waals surface area contributed by atoms with E-state index in [0.29, 0.717) is 16.8 Å². The van der Waals surface area contributed by atoms with Gasteiger partial charge in [0.1, 0.15) is 5.82 Å². The molecule has 0 unspecified atom stereocenters. The highest BCUT2D eigenvalue weighted by Crippen LogP contribution is 2.17. The van der Waals surface area contributed by atoms with Gasteiger partial charge in [0.25, 0.3) is 0 Å². The standard InChI is InChI=1S/C18H19FN2O3/c1-11-4-6-14(9-15(11)19)21-17(22)10-20-16-7-5-13(8-12(16)2)18(23)24-3/h4-9,20H,10H2,1-3H3,(H,21,22). The molecule has 1 amide bonds. The Labute approximate surface area is 139 Å². The van der Waals surface area contributed by atoms with Crippen LogP contribution in [0.15, 0.2) is 36.4 Å². The van der Waals surface area contributed by atoms with Crippen molar-refractivity contribution in [3.63, 3.8) is 0 Å². The second-order valence-electron chi connectivity index (χ2n) is 5.39. The van der Waals surface area contributed by atoms with Crippen LogP contribution >= 0.6 is 0 Å². The van der Waals surface area contributed by atoms with Gasteiger partial charge < -0.3 is 15.4 Å². The number of ether oxygens (including phenoxy) is 1. The molecule has 126 valence electrons. The summed E-state index contributed by atoms with van der Waals surface area (Å²) in [5.74, 6) is -1.08. The predicted molar refractivity (Wildman–Crippen MR) is 90.8 cm³/mol. The molecule has 2 aromatic carbocycles. The third kappa shape index (κ3) is 4.32. The molecule has 0 aromatic heterocycles. The van der Waals surface area contributed by atoms with Crippen LogP contribution < -0.4 is 10.6 Å². The number of hydrogen-bond acceptors (Lipinski definition) is 4. The van der Waals surface area contributed by atoms with Crippen molar-refractivity contribution in [2.45, 2.75) is 13.8 Å². The number of amides is 1. The lowest BCUT2D eigenvalue weighted by Crippen LogP contribution is -2.22. The zero-order chi connectivity index (χ0) is 17.7. The van der Waals surface area contributed by atoms with Gasteiger partial charge in [0.2, 0.25) is 5.91 Å². The van der Waals surface area contributed by atoms with Crippen molar-refractivity contribution in [3.05, 3.63) is 58.9 Å². The molecule has 24 heavy (non-hydrogen) atoms. The Morgan fingerprint density at radius 2 is 1.83 bits per heavy atom. The summed E-state index contributed by atoms with van der Waals surface area (Å²) in [4.78, 5) is 23.4. The Morgan fingerprint density at radius 1 is 1.08 bits per heavy atom. The molecule has 2 aromatic rings. The number of halogens is 1. The summed E-state index contributed by atoms with van der Waals surface area (Å²) in [6.07, 6.45) is 0. The topological polar surface area (TPSA) is 67.4 Å². The summed E-state index contributed by atoms with van der Waals surface area (Å²) in [7, 11) is 1.32. The molecule has 0 fully saturated rings.